The van der Waals surface area contributed by atoms with Crippen LogP contribution in [0.5, 0.6) is 0 Å². The number of aromatic nitrogens is 1. The van der Waals surface area contributed by atoms with E-state index >= 15 is 0 Å². The van der Waals surface area contributed by atoms with E-state index in [-0.39, 0.29) is 28.1 Å². The standard InChI is InChI=1S/C25H18BrN3O7/c1-12-7-14(13(2)28(12)19-9-15(23(32)33)8-16(10-19)24(34)35)11-20-21(30)27-25(36)29(22(20)31)18-5-3-17(26)4-6-18/h3-11H,1-2H3,(H,32,33)(H,34,35)(H,27,30,36)/b20-11-. The molecule has 3 aromatic rings. The number of barbiturate groups is 1. The molecule has 2 heterocycles. The van der Waals surface area contributed by atoms with Crippen LogP contribution in [0.15, 0.2) is 58.6 Å². The number of hydrogen-bond acceptors (Lipinski definition) is 5. The highest BCUT2D eigenvalue weighted by Gasteiger charge is 2.37. The SMILES string of the molecule is Cc1cc(/C=C2/C(=O)NC(=O)N(c3ccc(Br)cc3)C2=O)c(C)n1-c1cc(C(=O)O)cc(C(=O)O)c1. The van der Waals surface area contributed by atoms with Crippen LogP contribution in [0.1, 0.15) is 37.7 Å². The third-order valence-electron chi connectivity index (χ3n) is 5.63. The molecule has 0 spiro atoms. The fraction of sp³-hybridized carbons (Fsp3) is 0.0800. The summed E-state index contributed by atoms with van der Waals surface area (Å²) in [6.45, 7) is 3.39. The molecular formula is C25H18BrN3O7. The van der Waals surface area contributed by atoms with Gasteiger partial charge in [0.1, 0.15) is 5.57 Å². The molecule has 4 amide bonds. The van der Waals surface area contributed by atoms with E-state index in [1.54, 1.807) is 48.7 Å². The molecule has 0 saturated carbocycles. The number of urea groups is 1. The zero-order chi connectivity index (χ0) is 26.3. The Morgan fingerprint density at radius 3 is 2.03 bits per heavy atom. The van der Waals surface area contributed by atoms with Gasteiger partial charge < -0.3 is 14.8 Å². The first-order valence-electron chi connectivity index (χ1n) is 10.5. The van der Waals surface area contributed by atoms with Gasteiger partial charge >= 0.3 is 18.0 Å². The van der Waals surface area contributed by atoms with Crippen molar-refractivity contribution in [3.8, 4) is 5.69 Å². The number of amides is 4. The van der Waals surface area contributed by atoms with Crippen LogP contribution in [0.2, 0.25) is 0 Å². The van der Waals surface area contributed by atoms with Crippen molar-refractivity contribution in [3.05, 3.63) is 86.7 Å². The molecule has 3 N–H and O–H groups in total. The Morgan fingerprint density at radius 1 is 0.889 bits per heavy atom. The highest BCUT2D eigenvalue weighted by atomic mass is 79.9. The lowest BCUT2D eigenvalue weighted by molar-refractivity contribution is -0.122. The van der Waals surface area contributed by atoms with E-state index in [0.717, 1.165) is 15.4 Å². The number of aryl methyl sites for hydroxylation is 1. The average molecular weight is 552 g/mol. The molecule has 4 rings (SSSR count). The van der Waals surface area contributed by atoms with Crippen LogP contribution >= 0.6 is 15.9 Å². The fourth-order valence-corrected chi connectivity index (χ4v) is 4.22. The first-order valence-corrected chi connectivity index (χ1v) is 11.2. The molecule has 36 heavy (non-hydrogen) atoms. The van der Waals surface area contributed by atoms with Crippen molar-refractivity contribution < 1.29 is 34.2 Å². The summed E-state index contributed by atoms with van der Waals surface area (Å²) in [6.07, 6.45) is 1.34. The number of carboxylic acid groups (broad SMARTS) is 2. The van der Waals surface area contributed by atoms with E-state index in [9.17, 15) is 34.2 Å². The first-order chi connectivity index (χ1) is 17.0. The number of carboxylic acids is 2. The Kier molecular flexibility index (Phi) is 6.34. The van der Waals surface area contributed by atoms with Gasteiger partial charge in [-0.2, -0.15) is 0 Å². The van der Waals surface area contributed by atoms with E-state index in [4.69, 9.17) is 0 Å². The molecule has 1 fully saturated rings. The molecule has 0 aliphatic carbocycles. The van der Waals surface area contributed by atoms with Crippen LogP contribution in [-0.2, 0) is 9.59 Å². The number of carbonyl (C=O) groups is 5. The van der Waals surface area contributed by atoms with Gasteiger partial charge in [-0.05, 0) is 74.0 Å². The van der Waals surface area contributed by atoms with Gasteiger partial charge in [0.05, 0.1) is 16.8 Å². The summed E-state index contributed by atoms with van der Waals surface area (Å²) < 4.78 is 2.36. The van der Waals surface area contributed by atoms with E-state index in [1.165, 1.54) is 18.2 Å². The molecule has 1 aliphatic heterocycles. The Hall–Kier alpha value is -4.51. The Labute approximate surface area is 212 Å². The zero-order valence-electron chi connectivity index (χ0n) is 18.9. The Balaban J connectivity index is 1.80. The van der Waals surface area contributed by atoms with Crippen molar-refractivity contribution in [2.45, 2.75) is 13.8 Å². The van der Waals surface area contributed by atoms with Crippen LogP contribution < -0.4 is 10.2 Å². The van der Waals surface area contributed by atoms with Crippen molar-refractivity contribution in [1.29, 1.82) is 0 Å². The molecule has 0 atom stereocenters. The van der Waals surface area contributed by atoms with Gasteiger partial charge in [0.2, 0.25) is 0 Å². The molecule has 0 bridgehead atoms. The molecule has 0 unspecified atom stereocenters. The van der Waals surface area contributed by atoms with Crippen LogP contribution in [0.3, 0.4) is 0 Å². The summed E-state index contributed by atoms with van der Waals surface area (Å²) >= 11 is 3.29. The zero-order valence-corrected chi connectivity index (χ0v) is 20.5. The van der Waals surface area contributed by atoms with E-state index in [2.05, 4.69) is 21.2 Å². The molecule has 1 aliphatic rings. The number of carbonyl (C=O) groups excluding carboxylic acids is 3. The summed E-state index contributed by atoms with van der Waals surface area (Å²) in [5.74, 6) is -4.24. The number of benzene rings is 2. The smallest absolute Gasteiger partial charge is 0.335 e. The van der Waals surface area contributed by atoms with Crippen molar-refractivity contribution in [3.63, 3.8) is 0 Å². The van der Waals surface area contributed by atoms with E-state index in [1.807, 2.05) is 0 Å². The second-order valence-corrected chi connectivity index (χ2v) is 8.89. The van der Waals surface area contributed by atoms with Gasteiger partial charge in [0, 0.05) is 21.5 Å². The molecule has 0 radical (unpaired) electrons. The van der Waals surface area contributed by atoms with Crippen LogP contribution in [0.25, 0.3) is 11.8 Å². The van der Waals surface area contributed by atoms with Gasteiger partial charge in [-0.3, -0.25) is 14.9 Å². The minimum atomic E-state index is -1.29. The van der Waals surface area contributed by atoms with Gasteiger partial charge in [-0.25, -0.2) is 19.3 Å². The lowest BCUT2D eigenvalue weighted by Gasteiger charge is -2.26. The van der Waals surface area contributed by atoms with Gasteiger partial charge in [-0.15, -0.1) is 0 Å². The minimum absolute atomic E-state index is 0.206. The largest absolute Gasteiger partial charge is 0.478 e. The number of imide groups is 2. The van der Waals surface area contributed by atoms with Crippen LogP contribution in [-0.4, -0.2) is 44.6 Å². The van der Waals surface area contributed by atoms with Crippen molar-refractivity contribution >= 4 is 57.5 Å². The maximum Gasteiger partial charge on any atom is 0.335 e. The molecule has 1 aromatic heterocycles. The molecule has 2 aromatic carbocycles. The monoisotopic (exact) mass is 551 g/mol. The number of rotatable bonds is 5. The quantitative estimate of drug-likeness (QED) is 0.321. The number of nitrogens with zero attached hydrogens (tertiary/aromatic N) is 2. The summed E-state index contributed by atoms with van der Waals surface area (Å²) in [4.78, 5) is 62.1. The molecule has 11 heteroatoms. The molecular weight excluding hydrogens is 534 g/mol. The van der Waals surface area contributed by atoms with Crippen LogP contribution in [0.4, 0.5) is 10.5 Å². The second-order valence-electron chi connectivity index (χ2n) is 7.98. The van der Waals surface area contributed by atoms with Crippen LogP contribution in [0, 0.1) is 13.8 Å². The summed E-state index contributed by atoms with van der Waals surface area (Å²) in [5, 5.41) is 21.0. The van der Waals surface area contributed by atoms with Crippen molar-refractivity contribution in [2.24, 2.45) is 0 Å². The highest BCUT2D eigenvalue weighted by Crippen LogP contribution is 2.27. The molecule has 182 valence electrons. The molecule has 10 nitrogen and oxygen atoms in total. The Bertz CT molecular complexity index is 1470. The summed E-state index contributed by atoms with van der Waals surface area (Å²) in [7, 11) is 0. The molecule has 1 saturated heterocycles. The second kappa shape index (κ2) is 9.27. The summed E-state index contributed by atoms with van der Waals surface area (Å²) in [6, 6.07) is 10.9. The summed E-state index contributed by atoms with van der Waals surface area (Å²) in [5.41, 5.74) is 1.45. The normalized spacial score (nSPS) is 14.8. The predicted molar refractivity (Wildman–Crippen MR) is 132 cm³/mol. The van der Waals surface area contributed by atoms with Crippen molar-refractivity contribution in [1.82, 2.24) is 9.88 Å². The highest BCUT2D eigenvalue weighted by molar-refractivity contribution is 9.10. The Morgan fingerprint density at radius 2 is 1.47 bits per heavy atom. The van der Waals surface area contributed by atoms with Gasteiger partial charge in [0.25, 0.3) is 11.8 Å². The fourth-order valence-electron chi connectivity index (χ4n) is 3.96. The minimum Gasteiger partial charge on any atom is -0.478 e. The third-order valence-corrected chi connectivity index (χ3v) is 6.16. The van der Waals surface area contributed by atoms with Crippen molar-refractivity contribution in [2.75, 3.05) is 4.90 Å². The first kappa shape index (κ1) is 24.6. The number of hydrogen-bond donors (Lipinski definition) is 3. The number of halogens is 1. The van der Waals surface area contributed by atoms with Gasteiger partial charge in [-0.1, -0.05) is 15.9 Å². The van der Waals surface area contributed by atoms with E-state index in [0.29, 0.717) is 17.0 Å². The van der Waals surface area contributed by atoms with E-state index < -0.39 is 29.8 Å². The predicted octanol–water partition coefficient (Wildman–Crippen LogP) is 3.92. The lowest BCUT2D eigenvalue weighted by Crippen LogP contribution is -2.54. The topological polar surface area (TPSA) is 146 Å². The lowest BCUT2D eigenvalue weighted by atomic mass is 10.1. The number of anilines is 1. The number of aromatic carboxylic acids is 2. The number of nitrogens with one attached hydrogen (secondary N) is 1. The third kappa shape index (κ3) is 4.43. The average Bonchev–Trinajstić information content (AvgIpc) is 3.10. The van der Waals surface area contributed by atoms with Gasteiger partial charge in [0.15, 0.2) is 0 Å². The maximum atomic E-state index is 13.2. The maximum absolute atomic E-state index is 13.2.